The molecule has 0 aliphatic rings. The molecule has 0 atom stereocenters. The summed E-state index contributed by atoms with van der Waals surface area (Å²) in [6.45, 7) is 2.34. The maximum absolute atomic E-state index is 12.0. The summed E-state index contributed by atoms with van der Waals surface area (Å²) < 4.78 is 24.0. The van der Waals surface area contributed by atoms with Crippen LogP contribution in [0.2, 0.25) is 0 Å². The number of nitrogens with zero attached hydrogens (tertiary/aromatic N) is 1. The van der Waals surface area contributed by atoms with Crippen molar-refractivity contribution in [2.75, 3.05) is 12.3 Å². The van der Waals surface area contributed by atoms with Gasteiger partial charge in [-0.25, -0.2) is 0 Å². The van der Waals surface area contributed by atoms with Crippen molar-refractivity contribution in [3.05, 3.63) is 30.3 Å². The molecule has 0 unspecified atom stereocenters. The van der Waals surface area contributed by atoms with Crippen LogP contribution < -0.4 is 0 Å². The molecule has 0 spiro atoms. The van der Waals surface area contributed by atoms with Crippen LogP contribution in [0.15, 0.2) is 35.2 Å². The number of sulfone groups is 1. The molecule has 1 aromatic carbocycles. The minimum atomic E-state index is -3.63. The Morgan fingerprint density at radius 1 is 1.32 bits per heavy atom. The van der Waals surface area contributed by atoms with Crippen LogP contribution in [0.4, 0.5) is 0 Å². The summed E-state index contributed by atoms with van der Waals surface area (Å²) in [6.07, 6.45) is 1.62. The van der Waals surface area contributed by atoms with E-state index in [1.807, 2.05) is 6.92 Å². The Balaban J connectivity index is 2.78. The minimum absolute atomic E-state index is 0.128. The number of carbonyl (C=O) groups excluding carboxylic acids is 1. The third kappa shape index (κ3) is 4.59. The summed E-state index contributed by atoms with van der Waals surface area (Å²) in [6, 6.07) is 7.87. The molecule has 1 amide bonds. The average Bonchev–Trinajstić information content (AvgIpc) is 2.40. The Bertz CT molecular complexity index is 531. The van der Waals surface area contributed by atoms with Crippen molar-refractivity contribution in [3.8, 4) is 0 Å². The fourth-order valence-electron chi connectivity index (χ4n) is 1.55. The van der Waals surface area contributed by atoms with Crippen LogP contribution in [0.1, 0.15) is 19.8 Å². The topological polar surface area (TPSA) is 78.3 Å². The van der Waals surface area contributed by atoms with Gasteiger partial charge in [-0.15, -0.1) is 0 Å². The van der Waals surface area contributed by atoms with E-state index < -0.39 is 21.5 Å². The Morgan fingerprint density at radius 2 is 1.95 bits per heavy atom. The van der Waals surface area contributed by atoms with Gasteiger partial charge >= 0.3 is 114 Å². The first kappa shape index (κ1) is 15.6. The Kier molecular flexibility index (Phi) is 5.88. The first-order valence-corrected chi connectivity index (χ1v) is 7.74. The van der Waals surface area contributed by atoms with Crippen LogP contribution in [-0.2, 0) is 14.6 Å². The van der Waals surface area contributed by atoms with E-state index in [-0.39, 0.29) is 4.90 Å². The van der Waals surface area contributed by atoms with E-state index in [9.17, 15) is 13.2 Å². The number of nitrogens with one attached hydrogen (secondary N) is 1. The predicted molar refractivity (Wildman–Crippen MR) is 73.6 cm³/mol. The first-order valence-electron chi connectivity index (χ1n) is 6.09. The Labute approximate surface area is 114 Å². The van der Waals surface area contributed by atoms with Crippen molar-refractivity contribution in [1.29, 1.82) is 5.31 Å². The maximum atomic E-state index is 12.0. The van der Waals surface area contributed by atoms with Crippen LogP contribution in [0, 0.1) is 5.31 Å². The molecule has 7 heteroatoms. The molecule has 0 aliphatic heterocycles. The van der Waals surface area contributed by atoms with E-state index >= 15 is 0 Å². The van der Waals surface area contributed by atoms with E-state index in [4.69, 9.17) is 5.31 Å². The molecule has 0 heterocycles. The third-order valence-electron chi connectivity index (χ3n) is 2.64. The van der Waals surface area contributed by atoms with Crippen molar-refractivity contribution in [2.45, 2.75) is 24.7 Å². The number of hydrogen-bond acceptors (Lipinski definition) is 4. The summed E-state index contributed by atoms with van der Waals surface area (Å²) in [5.74, 6) is -1.16. The van der Waals surface area contributed by atoms with E-state index in [0.717, 1.165) is 24.9 Å². The number of carbonyl (C=O) groups is 1. The van der Waals surface area contributed by atoms with Gasteiger partial charge in [-0.3, -0.25) is 0 Å². The number of rotatable bonds is 7. The van der Waals surface area contributed by atoms with Crippen LogP contribution in [0.25, 0.3) is 0 Å². The van der Waals surface area contributed by atoms with E-state index in [1.54, 1.807) is 18.2 Å². The number of unbranched alkanes of at least 4 members (excludes halogenated alkanes) is 1. The number of hydrogen-bond donors (Lipinski definition) is 1. The Hall–Kier alpha value is -1.50. The van der Waals surface area contributed by atoms with E-state index in [2.05, 4.69) is 0 Å². The molecule has 0 fully saturated rings. The molecule has 1 N–H and O–H groups in total. The zero-order chi connectivity index (χ0) is 14.3. The summed E-state index contributed by atoms with van der Waals surface area (Å²) >= 11 is 0. The normalized spacial score (nSPS) is 10.8. The molecule has 0 aliphatic carbocycles. The second kappa shape index (κ2) is 7.18. The molecular weight excluding hydrogens is 263 g/mol. The molecule has 0 saturated carbocycles. The van der Waals surface area contributed by atoms with Crippen molar-refractivity contribution < 1.29 is 13.2 Å². The van der Waals surface area contributed by atoms with Crippen molar-refractivity contribution >= 4 is 23.0 Å². The van der Waals surface area contributed by atoms with Gasteiger partial charge in [0.15, 0.2) is 0 Å². The van der Waals surface area contributed by atoms with Crippen LogP contribution in [0.3, 0.4) is 0 Å². The number of benzene rings is 1. The molecule has 102 valence electrons. The van der Waals surface area contributed by atoms with Crippen LogP contribution in [0.5, 0.6) is 0 Å². The molecule has 1 aromatic rings. The predicted octanol–water partition coefficient (Wildman–Crippen LogP) is 1.47. The van der Waals surface area contributed by atoms with Gasteiger partial charge in [-0.1, -0.05) is 0 Å². The first-order chi connectivity index (χ1) is 9.01. The van der Waals surface area contributed by atoms with Gasteiger partial charge in [0.05, 0.1) is 0 Å². The molecule has 0 bridgehead atoms. The zero-order valence-corrected chi connectivity index (χ0v) is 11.7. The SMILES string of the molecule is CCCCN(B=N)C(=O)CS(=O)(=O)c1ccccc1. The van der Waals surface area contributed by atoms with Crippen molar-refractivity contribution in [1.82, 2.24) is 4.81 Å². The van der Waals surface area contributed by atoms with Crippen LogP contribution in [-0.4, -0.2) is 38.6 Å². The van der Waals surface area contributed by atoms with Crippen LogP contribution >= 0.6 is 0 Å². The quantitative estimate of drug-likeness (QED) is 0.768. The van der Waals surface area contributed by atoms with E-state index in [0.29, 0.717) is 6.54 Å². The summed E-state index contributed by atoms with van der Waals surface area (Å²) in [5, 5.41) is 7.17. The second-order valence-electron chi connectivity index (χ2n) is 4.14. The average molecular weight is 280 g/mol. The molecule has 0 aromatic heterocycles. The molecular formula is C12H17BN2O3S. The molecule has 5 nitrogen and oxygen atoms in total. The van der Waals surface area contributed by atoms with E-state index in [1.165, 1.54) is 12.1 Å². The third-order valence-corrected chi connectivity index (χ3v) is 4.26. The Morgan fingerprint density at radius 3 is 2.47 bits per heavy atom. The number of amides is 1. The molecule has 0 radical (unpaired) electrons. The summed E-state index contributed by atoms with van der Waals surface area (Å²) in [5.41, 5.74) is 0. The van der Waals surface area contributed by atoms with Gasteiger partial charge in [-0.2, -0.15) is 0 Å². The van der Waals surface area contributed by atoms with Gasteiger partial charge in [0.1, 0.15) is 0 Å². The summed E-state index contributed by atoms with van der Waals surface area (Å²) in [4.78, 5) is 13.1. The second-order valence-corrected chi connectivity index (χ2v) is 6.13. The van der Waals surface area contributed by atoms with Gasteiger partial charge < -0.3 is 0 Å². The molecule has 19 heavy (non-hydrogen) atoms. The molecule has 1 rings (SSSR count). The van der Waals surface area contributed by atoms with Crippen molar-refractivity contribution in [2.24, 2.45) is 0 Å². The molecule has 0 saturated heterocycles. The zero-order valence-electron chi connectivity index (χ0n) is 10.9. The van der Waals surface area contributed by atoms with Gasteiger partial charge in [0, 0.05) is 0 Å². The fraction of sp³-hybridized carbons (Fsp3) is 0.417. The standard InChI is InChI=1S/C12H17BN2O3S/c1-2-3-9-15(13-14)12(16)10-19(17,18)11-7-5-4-6-8-11/h4-8,14H,2-3,9-10H2,1H3. The summed E-state index contributed by atoms with van der Waals surface area (Å²) in [7, 11) is -2.75. The van der Waals surface area contributed by atoms with Gasteiger partial charge in [-0.05, 0) is 0 Å². The van der Waals surface area contributed by atoms with Crippen molar-refractivity contribution in [3.63, 3.8) is 0 Å². The van der Waals surface area contributed by atoms with Gasteiger partial charge in [0.25, 0.3) is 0 Å². The fourth-order valence-corrected chi connectivity index (χ4v) is 2.78. The monoisotopic (exact) mass is 280 g/mol. The van der Waals surface area contributed by atoms with Gasteiger partial charge in [0.2, 0.25) is 0 Å².